The maximum atomic E-state index is 10.8. The van der Waals surface area contributed by atoms with E-state index in [1.807, 2.05) is 0 Å². The molecule has 0 aliphatic rings. The van der Waals surface area contributed by atoms with E-state index in [0.717, 1.165) is 17.8 Å². The molecule has 1 aromatic carbocycles. The lowest BCUT2D eigenvalue weighted by atomic mass is 10.2. The molecule has 0 spiro atoms. The number of benzene rings is 1. The van der Waals surface area contributed by atoms with Crippen molar-refractivity contribution in [3.63, 3.8) is 0 Å². The average molecular weight is 277 g/mol. The largest absolute Gasteiger partial charge is 0.396 e. The summed E-state index contributed by atoms with van der Waals surface area (Å²) in [5.74, 6) is 0.879. The van der Waals surface area contributed by atoms with Crippen molar-refractivity contribution in [2.45, 2.75) is 39.2 Å². The van der Waals surface area contributed by atoms with Gasteiger partial charge in [-0.15, -0.1) is 0 Å². The molecule has 0 fully saturated rings. The van der Waals surface area contributed by atoms with Gasteiger partial charge in [0.15, 0.2) is 0 Å². The van der Waals surface area contributed by atoms with Crippen molar-refractivity contribution >= 4 is 16.7 Å². The van der Waals surface area contributed by atoms with Gasteiger partial charge in [0.1, 0.15) is 5.82 Å². The molecule has 1 heterocycles. The second-order valence-electron chi connectivity index (χ2n) is 4.91. The fourth-order valence-corrected chi connectivity index (χ4v) is 2.34. The van der Waals surface area contributed by atoms with E-state index >= 15 is 0 Å². The Bertz CT molecular complexity index is 621. The van der Waals surface area contributed by atoms with E-state index in [9.17, 15) is 10.1 Å². The van der Waals surface area contributed by atoms with Crippen LogP contribution in [0.4, 0.5) is 5.69 Å². The third-order valence-corrected chi connectivity index (χ3v) is 3.55. The first kappa shape index (κ1) is 14.5. The van der Waals surface area contributed by atoms with Crippen LogP contribution in [0.25, 0.3) is 11.0 Å². The molecule has 0 aliphatic heterocycles. The van der Waals surface area contributed by atoms with Gasteiger partial charge in [0.25, 0.3) is 5.69 Å². The maximum absolute atomic E-state index is 10.8. The van der Waals surface area contributed by atoms with E-state index in [2.05, 4.69) is 23.4 Å². The monoisotopic (exact) mass is 277 g/mol. The Morgan fingerprint density at radius 3 is 2.85 bits per heavy atom. The Morgan fingerprint density at radius 2 is 2.25 bits per heavy atom. The fourth-order valence-electron chi connectivity index (χ4n) is 2.34. The summed E-state index contributed by atoms with van der Waals surface area (Å²) in [6, 6.07) is 5.06. The van der Waals surface area contributed by atoms with Gasteiger partial charge in [-0.05, 0) is 25.8 Å². The van der Waals surface area contributed by atoms with Crippen molar-refractivity contribution in [3.05, 3.63) is 34.1 Å². The van der Waals surface area contributed by atoms with Gasteiger partial charge in [0.2, 0.25) is 0 Å². The van der Waals surface area contributed by atoms with E-state index in [0.29, 0.717) is 18.4 Å². The van der Waals surface area contributed by atoms with Gasteiger partial charge in [-0.3, -0.25) is 10.1 Å². The number of fused-ring (bicyclic) bond motifs is 1. The van der Waals surface area contributed by atoms with E-state index in [4.69, 9.17) is 5.11 Å². The third kappa shape index (κ3) is 2.65. The number of aliphatic hydroxyl groups is 1. The van der Waals surface area contributed by atoms with Crippen molar-refractivity contribution in [2.75, 3.05) is 6.61 Å². The Hall–Kier alpha value is -1.95. The number of nitro benzene ring substituents is 1. The van der Waals surface area contributed by atoms with Gasteiger partial charge in [0, 0.05) is 31.2 Å². The maximum Gasteiger partial charge on any atom is 0.271 e. The summed E-state index contributed by atoms with van der Waals surface area (Å²) in [6.07, 6.45) is 2.26. The van der Waals surface area contributed by atoms with Crippen LogP contribution in [0, 0.1) is 10.1 Å². The van der Waals surface area contributed by atoms with Gasteiger partial charge in [-0.1, -0.05) is 6.92 Å². The van der Waals surface area contributed by atoms with Crippen LogP contribution < -0.4 is 0 Å². The summed E-state index contributed by atoms with van der Waals surface area (Å²) in [5.41, 5.74) is 1.62. The second kappa shape index (κ2) is 6.00. The molecule has 0 radical (unpaired) electrons. The number of aliphatic hydroxyl groups excluding tert-OH is 1. The Balaban J connectivity index is 2.55. The third-order valence-electron chi connectivity index (χ3n) is 3.55. The highest BCUT2D eigenvalue weighted by Gasteiger charge is 2.17. The van der Waals surface area contributed by atoms with Gasteiger partial charge in [-0.2, -0.15) is 0 Å². The zero-order valence-electron chi connectivity index (χ0n) is 11.7. The van der Waals surface area contributed by atoms with Crippen LogP contribution in [-0.2, 0) is 6.42 Å². The number of rotatable bonds is 6. The summed E-state index contributed by atoms with van der Waals surface area (Å²) < 4.78 is 2.12. The number of nitro groups is 1. The SMILES string of the molecule is CC[C@H](C)n1c(CCCO)nc2cc([N+](=O)[O-])ccc21. The standard InChI is InChI=1S/C14H19N3O3/c1-3-10(2)16-13-7-6-11(17(19)20)9-12(13)15-14(16)5-4-8-18/h6-7,9-10,18H,3-5,8H2,1-2H3/t10-/m0/s1. The molecule has 0 amide bonds. The van der Waals surface area contributed by atoms with E-state index < -0.39 is 4.92 Å². The molecule has 2 aromatic rings. The van der Waals surface area contributed by atoms with Crippen LogP contribution in [0.3, 0.4) is 0 Å². The molecule has 6 nitrogen and oxygen atoms in total. The normalized spacial score (nSPS) is 12.8. The molecule has 20 heavy (non-hydrogen) atoms. The minimum absolute atomic E-state index is 0.0556. The number of non-ortho nitro benzene ring substituents is 1. The van der Waals surface area contributed by atoms with E-state index in [-0.39, 0.29) is 18.3 Å². The van der Waals surface area contributed by atoms with Crippen molar-refractivity contribution < 1.29 is 10.0 Å². The minimum atomic E-state index is -0.408. The lowest BCUT2D eigenvalue weighted by molar-refractivity contribution is -0.384. The predicted molar refractivity (Wildman–Crippen MR) is 76.8 cm³/mol. The lowest BCUT2D eigenvalue weighted by Crippen LogP contribution is -2.09. The van der Waals surface area contributed by atoms with Gasteiger partial charge in [0.05, 0.1) is 16.0 Å². The Labute approximate surface area is 117 Å². The molecule has 0 bridgehead atoms. The fraction of sp³-hybridized carbons (Fsp3) is 0.500. The molecular weight excluding hydrogens is 258 g/mol. The molecule has 0 aliphatic carbocycles. The first-order valence-electron chi connectivity index (χ1n) is 6.84. The molecule has 1 N–H and O–H groups in total. The van der Waals surface area contributed by atoms with Crippen LogP contribution in [-0.4, -0.2) is 26.2 Å². The zero-order valence-corrected chi connectivity index (χ0v) is 11.7. The quantitative estimate of drug-likeness (QED) is 0.650. The summed E-state index contributed by atoms with van der Waals surface area (Å²) in [5, 5.41) is 19.8. The van der Waals surface area contributed by atoms with Gasteiger partial charge in [-0.25, -0.2) is 4.98 Å². The number of hydrogen-bond donors (Lipinski definition) is 1. The summed E-state index contributed by atoms with van der Waals surface area (Å²) in [7, 11) is 0. The average Bonchev–Trinajstić information content (AvgIpc) is 2.81. The minimum Gasteiger partial charge on any atom is -0.396 e. The summed E-state index contributed by atoms with van der Waals surface area (Å²) in [4.78, 5) is 14.9. The molecule has 0 saturated carbocycles. The zero-order chi connectivity index (χ0) is 14.7. The highest BCUT2D eigenvalue weighted by atomic mass is 16.6. The highest BCUT2D eigenvalue weighted by molar-refractivity contribution is 5.79. The number of hydrogen-bond acceptors (Lipinski definition) is 4. The Morgan fingerprint density at radius 1 is 1.50 bits per heavy atom. The van der Waals surface area contributed by atoms with Crippen LogP contribution in [0.2, 0.25) is 0 Å². The van der Waals surface area contributed by atoms with Crippen molar-refractivity contribution in [2.24, 2.45) is 0 Å². The second-order valence-corrected chi connectivity index (χ2v) is 4.91. The number of aromatic nitrogens is 2. The smallest absolute Gasteiger partial charge is 0.271 e. The molecule has 0 saturated heterocycles. The molecule has 0 unspecified atom stereocenters. The summed E-state index contributed by atoms with van der Waals surface area (Å²) in [6.45, 7) is 4.31. The van der Waals surface area contributed by atoms with E-state index in [1.54, 1.807) is 6.07 Å². The van der Waals surface area contributed by atoms with Gasteiger partial charge >= 0.3 is 0 Å². The van der Waals surface area contributed by atoms with Crippen LogP contribution in [0.5, 0.6) is 0 Å². The number of imidazole rings is 1. The number of nitrogens with zero attached hydrogens (tertiary/aromatic N) is 3. The molecule has 108 valence electrons. The predicted octanol–water partition coefficient (Wildman–Crippen LogP) is 2.84. The Kier molecular flexibility index (Phi) is 4.34. The molecule has 1 atom stereocenters. The number of aryl methyl sites for hydroxylation is 1. The lowest BCUT2D eigenvalue weighted by Gasteiger charge is -2.15. The molecule has 6 heteroatoms. The highest BCUT2D eigenvalue weighted by Crippen LogP contribution is 2.26. The topological polar surface area (TPSA) is 81.2 Å². The summed E-state index contributed by atoms with van der Waals surface area (Å²) >= 11 is 0. The van der Waals surface area contributed by atoms with E-state index in [1.165, 1.54) is 12.1 Å². The molecular formula is C14H19N3O3. The van der Waals surface area contributed by atoms with Crippen LogP contribution >= 0.6 is 0 Å². The molecule has 1 aromatic heterocycles. The van der Waals surface area contributed by atoms with Crippen LogP contribution in [0.1, 0.15) is 38.6 Å². The van der Waals surface area contributed by atoms with Crippen molar-refractivity contribution in [3.8, 4) is 0 Å². The van der Waals surface area contributed by atoms with Crippen molar-refractivity contribution in [1.29, 1.82) is 0 Å². The van der Waals surface area contributed by atoms with Gasteiger partial charge < -0.3 is 9.67 Å². The van der Waals surface area contributed by atoms with Crippen LogP contribution in [0.15, 0.2) is 18.2 Å². The molecule has 2 rings (SSSR count). The first-order chi connectivity index (χ1) is 9.58. The first-order valence-corrected chi connectivity index (χ1v) is 6.84. The van der Waals surface area contributed by atoms with Crippen molar-refractivity contribution in [1.82, 2.24) is 9.55 Å².